The first kappa shape index (κ1) is 15.0. The van der Waals surface area contributed by atoms with Crippen LogP contribution in [0.5, 0.6) is 0 Å². The van der Waals surface area contributed by atoms with Crippen LogP contribution in [-0.4, -0.2) is 24.4 Å². The molecule has 2 heteroatoms. The molecule has 2 unspecified atom stereocenters. The van der Waals surface area contributed by atoms with E-state index in [1.807, 2.05) is 25.8 Å². The molecule has 0 saturated heterocycles. The summed E-state index contributed by atoms with van der Waals surface area (Å²) in [6, 6.07) is 0. The van der Waals surface area contributed by atoms with E-state index in [9.17, 15) is 4.79 Å². The molecule has 1 fully saturated rings. The van der Waals surface area contributed by atoms with Crippen molar-refractivity contribution in [3.63, 3.8) is 0 Å². The van der Waals surface area contributed by atoms with Crippen molar-refractivity contribution in [2.24, 2.45) is 11.3 Å². The van der Waals surface area contributed by atoms with E-state index in [-0.39, 0.29) is 5.91 Å². The van der Waals surface area contributed by atoms with Gasteiger partial charge < -0.3 is 4.90 Å². The van der Waals surface area contributed by atoms with Crippen LogP contribution < -0.4 is 0 Å². The Hall–Kier alpha value is -1.05. The summed E-state index contributed by atoms with van der Waals surface area (Å²) in [5.74, 6) is 0.819. The number of carbonyl (C=O) groups excluding carboxylic acids is 1. The van der Waals surface area contributed by atoms with Crippen molar-refractivity contribution in [1.82, 2.24) is 4.90 Å². The van der Waals surface area contributed by atoms with E-state index in [4.69, 9.17) is 0 Å². The summed E-state index contributed by atoms with van der Waals surface area (Å²) in [5, 5.41) is 0. The number of hydrogen-bond donors (Lipinski definition) is 0. The van der Waals surface area contributed by atoms with Crippen LogP contribution in [0.25, 0.3) is 0 Å². The smallest absolute Gasteiger partial charge is 0.246 e. The zero-order valence-electron chi connectivity index (χ0n) is 12.5. The van der Waals surface area contributed by atoms with E-state index < -0.39 is 0 Å². The highest BCUT2D eigenvalue weighted by Gasteiger charge is 2.49. The van der Waals surface area contributed by atoms with Gasteiger partial charge in [-0.3, -0.25) is 4.79 Å². The van der Waals surface area contributed by atoms with Crippen LogP contribution >= 0.6 is 0 Å². The Morgan fingerprint density at radius 2 is 2.11 bits per heavy atom. The summed E-state index contributed by atoms with van der Waals surface area (Å²) in [6.45, 7) is 9.24. The highest BCUT2D eigenvalue weighted by Crippen LogP contribution is 2.55. The van der Waals surface area contributed by atoms with Gasteiger partial charge in [-0.1, -0.05) is 24.6 Å². The number of carbonyl (C=O) groups is 1. The Morgan fingerprint density at radius 1 is 1.44 bits per heavy atom. The average molecular weight is 249 g/mol. The van der Waals surface area contributed by atoms with Gasteiger partial charge in [0.2, 0.25) is 5.91 Å². The van der Waals surface area contributed by atoms with Crippen molar-refractivity contribution in [2.45, 2.75) is 47.0 Å². The highest BCUT2D eigenvalue weighted by atomic mass is 16.2. The molecule has 0 aliphatic heterocycles. The molecule has 1 saturated carbocycles. The Labute approximate surface area is 112 Å². The molecule has 2 nitrogen and oxygen atoms in total. The van der Waals surface area contributed by atoms with Gasteiger partial charge in [-0.15, -0.1) is 0 Å². The average Bonchev–Trinajstić information content (AvgIpc) is 2.88. The monoisotopic (exact) mass is 249 g/mol. The maximum atomic E-state index is 11.8. The largest absolute Gasteiger partial charge is 0.342 e. The Bertz CT molecular complexity index is 352. The van der Waals surface area contributed by atoms with Gasteiger partial charge in [-0.25, -0.2) is 0 Å². The van der Waals surface area contributed by atoms with Crippen LogP contribution in [0.3, 0.4) is 0 Å². The lowest BCUT2D eigenvalue weighted by Gasteiger charge is -2.17. The van der Waals surface area contributed by atoms with E-state index in [1.54, 1.807) is 6.08 Å². The van der Waals surface area contributed by atoms with Gasteiger partial charge in [-0.2, -0.15) is 0 Å². The second-order valence-electron chi connectivity index (χ2n) is 6.10. The normalized spacial score (nSPS) is 26.2. The molecular weight excluding hydrogens is 222 g/mol. The number of allylic oxidation sites excluding steroid dienone is 3. The lowest BCUT2D eigenvalue weighted by atomic mass is 9.99. The summed E-state index contributed by atoms with van der Waals surface area (Å²) in [4.78, 5) is 13.7. The van der Waals surface area contributed by atoms with Crippen LogP contribution in [-0.2, 0) is 4.79 Å². The van der Waals surface area contributed by atoms with Crippen LogP contribution in [0, 0.1) is 11.3 Å². The van der Waals surface area contributed by atoms with E-state index in [0.717, 1.165) is 18.5 Å². The Morgan fingerprint density at radius 3 is 2.67 bits per heavy atom. The number of likely N-dealkylation sites (N-methyl/N-ethyl adjacent to an activating group) is 1. The van der Waals surface area contributed by atoms with Gasteiger partial charge >= 0.3 is 0 Å². The molecule has 0 bridgehead atoms. The minimum atomic E-state index is 0.137. The standard InChI is InChI=1S/C16H27NO/c1-6-7-8-9-16(4)11-14(16)12-17(5)15(18)10-13(2)3/h6-7,10,14H,8-9,11-12H2,1-5H3/b7-6+. The fourth-order valence-corrected chi connectivity index (χ4v) is 2.45. The Balaban J connectivity index is 2.37. The van der Waals surface area contributed by atoms with Crippen molar-refractivity contribution >= 4 is 5.91 Å². The SMILES string of the molecule is C/C=C/CCC1(C)CC1CN(C)C(=O)C=C(C)C. The number of amides is 1. The van der Waals surface area contributed by atoms with E-state index in [1.165, 1.54) is 12.8 Å². The van der Waals surface area contributed by atoms with Crippen molar-refractivity contribution in [3.8, 4) is 0 Å². The van der Waals surface area contributed by atoms with Gasteiger partial charge in [0.05, 0.1) is 0 Å². The molecule has 102 valence electrons. The quantitative estimate of drug-likeness (QED) is 0.518. The number of rotatable bonds is 6. The molecule has 0 N–H and O–H groups in total. The van der Waals surface area contributed by atoms with Crippen molar-refractivity contribution in [2.75, 3.05) is 13.6 Å². The molecule has 1 aliphatic rings. The summed E-state index contributed by atoms with van der Waals surface area (Å²) in [5.41, 5.74) is 1.53. The minimum Gasteiger partial charge on any atom is -0.342 e. The van der Waals surface area contributed by atoms with E-state index in [0.29, 0.717) is 11.3 Å². The van der Waals surface area contributed by atoms with Crippen molar-refractivity contribution in [1.29, 1.82) is 0 Å². The molecule has 18 heavy (non-hydrogen) atoms. The first-order chi connectivity index (χ1) is 8.39. The summed E-state index contributed by atoms with van der Waals surface area (Å²) >= 11 is 0. The molecule has 0 heterocycles. The van der Waals surface area contributed by atoms with Crippen molar-refractivity contribution in [3.05, 3.63) is 23.8 Å². The van der Waals surface area contributed by atoms with Gasteiger partial charge in [0.15, 0.2) is 0 Å². The molecule has 1 rings (SSSR count). The van der Waals surface area contributed by atoms with E-state index in [2.05, 4.69) is 26.0 Å². The second-order valence-corrected chi connectivity index (χ2v) is 6.10. The third-order valence-electron chi connectivity index (χ3n) is 3.94. The topological polar surface area (TPSA) is 20.3 Å². The van der Waals surface area contributed by atoms with Gasteiger partial charge in [0.1, 0.15) is 0 Å². The maximum Gasteiger partial charge on any atom is 0.246 e. The van der Waals surface area contributed by atoms with Gasteiger partial charge in [-0.05, 0) is 51.4 Å². The first-order valence-corrected chi connectivity index (χ1v) is 6.90. The zero-order valence-corrected chi connectivity index (χ0v) is 12.5. The number of hydrogen-bond acceptors (Lipinski definition) is 1. The van der Waals surface area contributed by atoms with E-state index >= 15 is 0 Å². The lowest BCUT2D eigenvalue weighted by Crippen LogP contribution is -2.28. The first-order valence-electron chi connectivity index (χ1n) is 6.90. The van der Waals surface area contributed by atoms with Crippen molar-refractivity contribution < 1.29 is 4.79 Å². The van der Waals surface area contributed by atoms with Gasteiger partial charge in [0.25, 0.3) is 0 Å². The summed E-state index contributed by atoms with van der Waals surface area (Å²) in [6.07, 6.45) is 9.74. The predicted octanol–water partition coefficient (Wildman–Crippen LogP) is 3.79. The second kappa shape index (κ2) is 6.21. The van der Waals surface area contributed by atoms with Crippen LogP contribution in [0.1, 0.15) is 47.0 Å². The molecule has 0 spiro atoms. The van der Waals surface area contributed by atoms with Gasteiger partial charge in [0, 0.05) is 19.7 Å². The molecule has 2 atom stereocenters. The molecular formula is C16H27NO. The molecule has 1 amide bonds. The Kier molecular flexibility index (Phi) is 5.18. The molecule has 0 aromatic heterocycles. The predicted molar refractivity (Wildman–Crippen MR) is 77.3 cm³/mol. The molecule has 0 aromatic rings. The summed E-state index contributed by atoms with van der Waals surface area (Å²) < 4.78 is 0. The maximum absolute atomic E-state index is 11.8. The molecule has 0 aromatic carbocycles. The molecule has 0 radical (unpaired) electrons. The lowest BCUT2D eigenvalue weighted by molar-refractivity contribution is -0.125. The minimum absolute atomic E-state index is 0.137. The van der Waals surface area contributed by atoms with Crippen LogP contribution in [0.4, 0.5) is 0 Å². The number of nitrogens with zero attached hydrogens (tertiary/aromatic N) is 1. The molecule has 1 aliphatic carbocycles. The summed E-state index contributed by atoms with van der Waals surface area (Å²) in [7, 11) is 1.91. The fraction of sp³-hybridized carbons (Fsp3) is 0.688. The van der Waals surface area contributed by atoms with Crippen LogP contribution in [0.2, 0.25) is 0 Å². The van der Waals surface area contributed by atoms with Crippen LogP contribution in [0.15, 0.2) is 23.8 Å². The fourth-order valence-electron chi connectivity index (χ4n) is 2.45. The zero-order chi connectivity index (χ0) is 13.8. The highest BCUT2D eigenvalue weighted by molar-refractivity contribution is 5.87. The third-order valence-corrected chi connectivity index (χ3v) is 3.94. The third kappa shape index (κ3) is 4.32.